The van der Waals surface area contributed by atoms with E-state index in [0.29, 0.717) is 18.7 Å². The van der Waals surface area contributed by atoms with E-state index in [9.17, 15) is 8.78 Å². The molecule has 0 saturated heterocycles. The largest absolute Gasteiger partial charge is 0.329 e. The average Bonchev–Trinajstić information content (AvgIpc) is 2.30. The van der Waals surface area contributed by atoms with E-state index in [-0.39, 0.29) is 11.4 Å². The second-order valence-electron chi connectivity index (χ2n) is 4.77. The zero-order valence-corrected chi connectivity index (χ0v) is 10.6. The number of hydrogen-bond acceptors (Lipinski definition) is 2. The van der Waals surface area contributed by atoms with E-state index in [2.05, 4.69) is 0 Å². The summed E-state index contributed by atoms with van der Waals surface area (Å²) in [4.78, 5) is 2.03. The van der Waals surface area contributed by atoms with Gasteiger partial charge in [-0.05, 0) is 38.6 Å². The second-order valence-corrected chi connectivity index (χ2v) is 4.77. The Labute approximate surface area is 101 Å². The van der Waals surface area contributed by atoms with E-state index in [1.54, 1.807) is 0 Å². The third-order valence-electron chi connectivity index (χ3n) is 3.11. The lowest BCUT2D eigenvalue weighted by Gasteiger charge is -2.37. The Morgan fingerprint density at radius 3 is 2.47 bits per heavy atom. The molecular formula is C13H20F2N2. The summed E-state index contributed by atoms with van der Waals surface area (Å²) in [6.45, 7) is 7.54. The van der Waals surface area contributed by atoms with Crippen LogP contribution in [0, 0.1) is 11.6 Å². The molecule has 96 valence electrons. The standard InChI is InChI=1S/C13H20F2N2/c1-4-17(13(2,3)9-16)8-10-7-11(14)5-6-12(10)15/h5-7H,4,8-9,16H2,1-3H3. The fourth-order valence-electron chi connectivity index (χ4n) is 1.75. The fraction of sp³-hybridized carbons (Fsp3) is 0.538. The van der Waals surface area contributed by atoms with Crippen LogP contribution in [0.4, 0.5) is 8.78 Å². The lowest BCUT2D eigenvalue weighted by atomic mass is 10.0. The van der Waals surface area contributed by atoms with Crippen molar-refractivity contribution in [1.82, 2.24) is 4.90 Å². The summed E-state index contributed by atoms with van der Waals surface area (Å²) in [5, 5.41) is 0. The molecule has 0 heterocycles. The lowest BCUT2D eigenvalue weighted by Crippen LogP contribution is -2.48. The number of benzene rings is 1. The summed E-state index contributed by atoms with van der Waals surface area (Å²) in [5.41, 5.74) is 5.84. The van der Waals surface area contributed by atoms with Crippen molar-refractivity contribution in [1.29, 1.82) is 0 Å². The van der Waals surface area contributed by atoms with Crippen LogP contribution in [0.2, 0.25) is 0 Å². The normalized spacial score (nSPS) is 12.2. The van der Waals surface area contributed by atoms with Crippen LogP contribution in [0.3, 0.4) is 0 Å². The van der Waals surface area contributed by atoms with Gasteiger partial charge in [0.25, 0.3) is 0 Å². The Kier molecular flexibility index (Phi) is 4.60. The third kappa shape index (κ3) is 3.48. The molecule has 4 heteroatoms. The maximum atomic E-state index is 13.5. The van der Waals surface area contributed by atoms with Crippen molar-refractivity contribution >= 4 is 0 Å². The first-order chi connectivity index (χ1) is 7.90. The number of likely N-dealkylation sites (N-methyl/N-ethyl adjacent to an activating group) is 1. The van der Waals surface area contributed by atoms with Gasteiger partial charge in [0.15, 0.2) is 0 Å². The molecule has 0 aliphatic carbocycles. The van der Waals surface area contributed by atoms with Gasteiger partial charge in [0.05, 0.1) is 0 Å². The van der Waals surface area contributed by atoms with Crippen molar-refractivity contribution in [3.8, 4) is 0 Å². The Bertz CT molecular complexity index is 378. The first-order valence-corrected chi connectivity index (χ1v) is 5.79. The van der Waals surface area contributed by atoms with E-state index in [1.807, 2.05) is 25.7 Å². The zero-order valence-electron chi connectivity index (χ0n) is 10.6. The van der Waals surface area contributed by atoms with E-state index in [0.717, 1.165) is 18.7 Å². The number of rotatable bonds is 5. The molecule has 1 rings (SSSR count). The van der Waals surface area contributed by atoms with Crippen LogP contribution in [0.1, 0.15) is 26.3 Å². The third-order valence-corrected chi connectivity index (χ3v) is 3.11. The zero-order chi connectivity index (χ0) is 13.1. The Hall–Kier alpha value is -1.00. The molecule has 0 spiro atoms. The first-order valence-electron chi connectivity index (χ1n) is 5.79. The van der Waals surface area contributed by atoms with Crippen LogP contribution >= 0.6 is 0 Å². The molecule has 0 aliphatic rings. The number of nitrogens with zero attached hydrogens (tertiary/aromatic N) is 1. The molecule has 1 aromatic carbocycles. The van der Waals surface area contributed by atoms with Gasteiger partial charge in [-0.15, -0.1) is 0 Å². The molecule has 0 aromatic heterocycles. The van der Waals surface area contributed by atoms with Gasteiger partial charge in [-0.3, -0.25) is 4.90 Å². The van der Waals surface area contributed by atoms with E-state index in [4.69, 9.17) is 5.73 Å². The minimum Gasteiger partial charge on any atom is -0.329 e. The van der Waals surface area contributed by atoms with Crippen molar-refractivity contribution in [2.75, 3.05) is 13.1 Å². The number of halogens is 2. The van der Waals surface area contributed by atoms with Gasteiger partial charge in [-0.1, -0.05) is 6.92 Å². The smallest absolute Gasteiger partial charge is 0.127 e. The molecule has 0 bridgehead atoms. The van der Waals surface area contributed by atoms with Crippen LogP contribution < -0.4 is 5.73 Å². The molecule has 0 fully saturated rings. The second kappa shape index (κ2) is 5.56. The van der Waals surface area contributed by atoms with Crippen molar-refractivity contribution < 1.29 is 8.78 Å². The fourth-order valence-corrected chi connectivity index (χ4v) is 1.75. The van der Waals surface area contributed by atoms with Crippen LogP contribution in [0.5, 0.6) is 0 Å². The number of nitrogens with two attached hydrogens (primary N) is 1. The number of hydrogen-bond donors (Lipinski definition) is 1. The Balaban J connectivity index is 2.91. The predicted octanol–water partition coefficient (Wildman–Crippen LogP) is 2.52. The van der Waals surface area contributed by atoms with Gasteiger partial charge in [0, 0.05) is 24.2 Å². The topological polar surface area (TPSA) is 29.3 Å². The maximum Gasteiger partial charge on any atom is 0.127 e. The SMILES string of the molecule is CCN(Cc1cc(F)ccc1F)C(C)(C)CN. The lowest BCUT2D eigenvalue weighted by molar-refractivity contribution is 0.124. The highest BCUT2D eigenvalue weighted by Crippen LogP contribution is 2.19. The molecule has 17 heavy (non-hydrogen) atoms. The minimum atomic E-state index is -0.414. The molecule has 0 aliphatic heterocycles. The molecule has 1 aromatic rings. The summed E-state index contributed by atoms with van der Waals surface area (Å²) in [6.07, 6.45) is 0. The van der Waals surface area contributed by atoms with Crippen molar-refractivity contribution in [2.45, 2.75) is 32.9 Å². The summed E-state index contributed by atoms with van der Waals surface area (Å²) >= 11 is 0. The van der Waals surface area contributed by atoms with Gasteiger partial charge in [-0.2, -0.15) is 0 Å². The highest BCUT2D eigenvalue weighted by Gasteiger charge is 2.24. The van der Waals surface area contributed by atoms with Crippen LogP contribution in [0.25, 0.3) is 0 Å². The van der Waals surface area contributed by atoms with Crippen LogP contribution in [0.15, 0.2) is 18.2 Å². The predicted molar refractivity (Wildman–Crippen MR) is 65.6 cm³/mol. The van der Waals surface area contributed by atoms with Gasteiger partial charge in [0.2, 0.25) is 0 Å². The Morgan fingerprint density at radius 1 is 1.29 bits per heavy atom. The quantitative estimate of drug-likeness (QED) is 0.859. The van der Waals surface area contributed by atoms with Gasteiger partial charge in [0.1, 0.15) is 11.6 Å². The maximum absolute atomic E-state index is 13.5. The van der Waals surface area contributed by atoms with Gasteiger partial charge < -0.3 is 5.73 Å². The molecule has 0 amide bonds. The van der Waals surface area contributed by atoms with Crippen molar-refractivity contribution in [2.24, 2.45) is 5.73 Å². The summed E-state index contributed by atoms with van der Waals surface area (Å²) < 4.78 is 26.6. The molecule has 0 unspecified atom stereocenters. The molecule has 2 nitrogen and oxygen atoms in total. The van der Waals surface area contributed by atoms with E-state index >= 15 is 0 Å². The molecule has 0 saturated carbocycles. The Morgan fingerprint density at radius 2 is 1.94 bits per heavy atom. The minimum absolute atomic E-state index is 0.229. The molecule has 0 radical (unpaired) electrons. The summed E-state index contributed by atoms with van der Waals surface area (Å²) in [7, 11) is 0. The molecule has 0 atom stereocenters. The van der Waals surface area contributed by atoms with Crippen molar-refractivity contribution in [3.05, 3.63) is 35.4 Å². The monoisotopic (exact) mass is 242 g/mol. The summed E-state index contributed by atoms with van der Waals surface area (Å²) in [5.74, 6) is -0.791. The highest BCUT2D eigenvalue weighted by molar-refractivity contribution is 5.19. The van der Waals surface area contributed by atoms with E-state index in [1.165, 1.54) is 6.07 Å². The van der Waals surface area contributed by atoms with Crippen LogP contribution in [-0.4, -0.2) is 23.5 Å². The average molecular weight is 242 g/mol. The first kappa shape index (κ1) is 14.1. The highest BCUT2D eigenvalue weighted by atomic mass is 19.1. The molecule has 2 N–H and O–H groups in total. The van der Waals surface area contributed by atoms with Crippen LogP contribution in [-0.2, 0) is 6.54 Å². The van der Waals surface area contributed by atoms with Gasteiger partial charge in [-0.25, -0.2) is 8.78 Å². The molecular weight excluding hydrogens is 222 g/mol. The summed E-state index contributed by atoms with van der Waals surface area (Å²) in [6, 6.07) is 3.53. The van der Waals surface area contributed by atoms with Gasteiger partial charge >= 0.3 is 0 Å². The van der Waals surface area contributed by atoms with Crippen molar-refractivity contribution in [3.63, 3.8) is 0 Å². The van der Waals surface area contributed by atoms with E-state index < -0.39 is 5.82 Å².